The molecule has 354 valence electrons. The van der Waals surface area contributed by atoms with E-state index < -0.39 is 32.0 Å². The summed E-state index contributed by atoms with van der Waals surface area (Å²) >= 11 is 0. The van der Waals surface area contributed by atoms with Gasteiger partial charge in [0, 0.05) is 6.54 Å². The van der Waals surface area contributed by atoms with Crippen LogP contribution in [0.5, 0.6) is 0 Å². The van der Waals surface area contributed by atoms with Gasteiger partial charge in [-0.25, -0.2) is 4.57 Å². The molecule has 0 aliphatic carbocycles. The Kier molecular flexibility index (Phi) is 45.1. The van der Waals surface area contributed by atoms with E-state index in [1.807, 2.05) is 0 Å². The molecule has 6 N–H and O–H groups in total. The second kappa shape index (κ2) is 45.5. The van der Waals surface area contributed by atoms with E-state index in [0.717, 1.165) is 38.5 Å². The zero-order chi connectivity index (χ0) is 43.3. The van der Waals surface area contributed by atoms with E-state index >= 15 is 0 Å². The summed E-state index contributed by atoms with van der Waals surface area (Å²) in [6.45, 7) is 4.10. The summed E-state index contributed by atoms with van der Waals surface area (Å²) in [5.41, 5.74) is 5.39. The minimum Gasteiger partial charge on any atom is -0.393 e. The highest BCUT2D eigenvalue weighted by Gasteiger charge is 2.28. The van der Waals surface area contributed by atoms with Crippen molar-refractivity contribution in [2.24, 2.45) is 5.73 Å². The van der Waals surface area contributed by atoms with E-state index in [-0.39, 0.29) is 26.2 Å². The Balaban J connectivity index is 4.10. The van der Waals surface area contributed by atoms with Crippen LogP contribution in [0.25, 0.3) is 0 Å². The number of carbonyl (C=O) groups is 1. The van der Waals surface area contributed by atoms with Crippen LogP contribution in [0, 0.1) is 0 Å². The van der Waals surface area contributed by atoms with Crippen LogP contribution in [-0.4, -0.2) is 59.0 Å². The summed E-state index contributed by atoms with van der Waals surface area (Å²) in [5, 5.41) is 24.3. The second-order valence-electron chi connectivity index (χ2n) is 17.9. The van der Waals surface area contributed by atoms with Crippen molar-refractivity contribution in [1.82, 2.24) is 5.32 Å². The number of nitrogens with two attached hydrogens (primary N) is 1. The highest BCUT2D eigenvalue weighted by Crippen LogP contribution is 2.43. The molecule has 0 spiro atoms. The van der Waals surface area contributed by atoms with Gasteiger partial charge in [-0.15, -0.1) is 0 Å². The molecule has 0 heterocycles. The molecule has 0 aromatic carbocycles. The number of phosphoric ester groups is 1. The predicted molar refractivity (Wildman–Crippen MR) is 251 cm³/mol. The van der Waals surface area contributed by atoms with E-state index in [1.165, 1.54) is 199 Å². The van der Waals surface area contributed by atoms with Gasteiger partial charge in [-0.1, -0.05) is 251 Å². The Labute approximate surface area is 365 Å². The van der Waals surface area contributed by atoms with Crippen molar-refractivity contribution in [3.63, 3.8) is 0 Å². The lowest BCUT2D eigenvalue weighted by Crippen LogP contribution is -2.47. The molecular weight excluding hydrogens is 760 g/mol. The maximum atomic E-state index is 12.9. The fourth-order valence-corrected chi connectivity index (χ4v) is 8.88. The first-order chi connectivity index (χ1) is 28.8. The summed E-state index contributed by atoms with van der Waals surface area (Å²) in [5.74, 6) is -0.406. The maximum absolute atomic E-state index is 12.9. The normalized spacial score (nSPS) is 14.3. The molecule has 0 rings (SSSR count). The van der Waals surface area contributed by atoms with Crippen LogP contribution in [0.4, 0.5) is 0 Å². The smallest absolute Gasteiger partial charge is 0.393 e. The molecule has 0 radical (unpaired) electrons. The number of carbonyl (C=O) groups excluding carboxylic acids is 1. The molecule has 0 fully saturated rings. The monoisotopic (exact) mass is 861 g/mol. The molecule has 1 amide bonds. The second-order valence-corrected chi connectivity index (χ2v) is 19.4. The molecule has 0 aromatic heterocycles. The molecule has 10 heteroatoms. The lowest BCUT2D eigenvalue weighted by atomic mass is 10.0. The summed E-state index contributed by atoms with van der Waals surface area (Å²) < 4.78 is 22.2. The molecular formula is C49H101N2O7P. The maximum Gasteiger partial charge on any atom is 0.472 e. The van der Waals surface area contributed by atoms with Crippen LogP contribution in [-0.2, 0) is 18.4 Å². The van der Waals surface area contributed by atoms with Gasteiger partial charge in [0.05, 0.1) is 37.9 Å². The van der Waals surface area contributed by atoms with Crippen LogP contribution < -0.4 is 11.1 Å². The highest BCUT2D eigenvalue weighted by molar-refractivity contribution is 7.47. The first-order valence-corrected chi connectivity index (χ1v) is 27.2. The molecule has 0 saturated carbocycles. The molecule has 0 aromatic rings. The topological polar surface area (TPSA) is 151 Å². The first-order valence-electron chi connectivity index (χ1n) is 25.7. The van der Waals surface area contributed by atoms with Crippen LogP contribution in [0.3, 0.4) is 0 Å². The number of nitrogens with one attached hydrogen (secondary N) is 1. The van der Waals surface area contributed by atoms with Crippen molar-refractivity contribution >= 4 is 13.7 Å². The van der Waals surface area contributed by atoms with Gasteiger partial charge in [-0.3, -0.25) is 13.8 Å². The summed E-state index contributed by atoms with van der Waals surface area (Å²) in [6.07, 6.45) is 47.2. The van der Waals surface area contributed by atoms with Gasteiger partial charge in [-0.05, 0) is 12.8 Å². The predicted octanol–water partition coefficient (Wildman–Crippen LogP) is 13.9. The quantitative estimate of drug-likeness (QED) is 0.0300. The molecule has 0 aliphatic heterocycles. The van der Waals surface area contributed by atoms with Crippen LogP contribution in [0.2, 0.25) is 0 Å². The number of phosphoric acid groups is 1. The number of unbranched alkanes of at least 4 members (excludes halogenated alkanes) is 35. The Bertz CT molecular complexity index is 914. The third-order valence-corrected chi connectivity index (χ3v) is 13.0. The number of rotatable bonds is 49. The lowest BCUT2D eigenvalue weighted by Gasteiger charge is -2.25. The first kappa shape index (κ1) is 58.5. The zero-order valence-corrected chi connectivity index (χ0v) is 40.0. The van der Waals surface area contributed by atoms with Crippen molar-refractivity contribution in [3.05, 3.63) is 0 Å². The molecule has 0 aliphatic rings. The third-order valence-electron chi connectivity index (χ3n) is 12.0. The number of amides is 1. The van der Waals surface area contributed by atoms with Crippen LogP contribution in [0.1, 0.15) is 271 Å². The highest BCUT2D eigenvalue weighted by atomic mass is 31.2. The number of hydrogen-bond acceptors (Lipinski definition) is 7. The summed E-state index contributed by atoms with van der Waals surface area (Å²) in [6, 6.07) is -0.891. The summed E-state index contributed by atoms with van der Waals surface area (Å²) in [4.78, 5) is 22.9. The number of aliphatic hydroxyl groups is 2. The molecule has 0 bridgehead atoms. The fraction of sp³-hybridized carbons (Fsp3) is 0.980. The average Bonchev–Trinajstić information content (AvgIpc) is 3.21. The van der Waals surface area contributed by atoms with Gasteiger partial charge in [0.15, 0.2) is 0 Å². The molecule has 9 nitrogen and oxygen atoms in total. The van der Waals surface area contributed by atoms with Crippen LogP contribution in [0.15, 0.2) is 0 Å². The van der Waals surface area contributed by atoms with Gasteiger partial charge in [0.2, 0.25) is 5.91 Å². The van der Waals surface area contributed by atoms with E-state index in [0.29, 0.717) is 12.8 Å². The molecule has 4 unspecified atom stereocenters. The van der Waals surface area contributed by atoms with Gasteiger partial charge < -0.3 is 26.2 Å². The third kappa shape index (κ3) is 43.9. The molecule has 59 heavy (non-hydrogen) atoms. The van der Waals surface area contributed by atoms with Crippen molar-refractivity contribution in [1.29, 1.82) is 0 Å². The number of hydrogen-bond donors (Lipinski definition) is 5. The number of aliphatic hydroxyl groups excluding tert-OH is 2. The van der Waals surface area contributed by atoms with Crippen molar-refractivity contribution < 1.29 is 33.5 Å². The van der Waals surface area contributed by atoms with E-state index in [2.05, 4.69) is 19.2 Å². The fourth-order valence-electron chi connectivity index (χ4n) is 8.13. The Morgan fingerprint density at radius 1 is 0.508 bits per heavy atom. The minimum atomic E-state index is -4.38. The van der Waals surface area contributed by atoms with Gasteiger partial charge in [0.1, 0.15) is 0 Å². The van der Waals surface area contributed by atoms with E-state index in [4.69, 9.17) is 14.8 Å². The Hall–Kier alpha value is -0.540. The van der Waals surface area contributed by atoms with Gasteiger partial charge in [0.25, 0.3) is 0 Å². The van der Waals surface area contributed by atoms with Crippen molar-refractivity contribution in [2.45, 2.75) is 289 Å². The standard InChI is InChI=1S/C49H101N2O7P/c1-3-5-7-9-11-13-15-17-19-21-22-23-25-26-28-30-32-34-36-38-40-46(52)44-49(54)51-47(45-58-59(55,56)57-43-42-50)48(53)41-39-37-35-33-31-29-27-24-20-18-16-14-12-10-8-6-4-2/h46-48,52-53H,3-45,50H2,1-2H3,(H,51,54)(H,55,56). The van der Waals surface area contributed by atoms with Gasteiger partial charge >= 0.3 is 7.82 Å². The zero-order valence-electron chi connectivity index (χ0n) is 39.1. The van der Waals surface area contributed by atoms with E-state index in [9.17, 15) is 24.5 Å². The average molecular weight is 861 g/mol. The van der Waals surface area contributed by atoms with Crippen LogP contribution >= 0.6 is 7.82 Å². The van der Waals surface area contributed by atoms with Gasteiger partial charge in [-0.2, -0.15) is 0 Å². The molecule has 0 saturated heterocycles. The SMILES string of the molecule is CCCCCCCCCCCCCCCCCCCCCCC(O)CC(=O)NC(COP(=O)(O)OCCN)C(O)CCCCCCCCCCCCCCCCCCC. The Morgan fingerprint density at radius 2 is 0.814 bits per heavy atom. The van der Waals surface area contributed by atoms with Crippen molar-refractivity contribution in [2.75, 3.05) is 19.8 Å². The lowest BCUT2D eigenvalue weighted by molar-refractivity contribution is -0.125. The largest absolute Gasteiger partial charge is 0.472 e. The summed E-state index contributed by atoms with van der Waals surface area (Å²) in [7, 11) is -4.38. The van der Waals surface area contributed by atoms with E-state index in [1.54, 1.807) is 0 Å². The Morgan fingerprint density at radius 3 is 1.14 bits per heavy atom. The van der Waals surface area contributed by atoms with Crippen molar-refractivity contribution in [3.8, 4) is 0 Å². The molecule has 4 atom stereocenters. The minimum absolute atomic E-state index is 0.0629.